The zero-order chi connectivity index (χ0) is 14.0. The first kappa shape index (κ1) is 15.0. The van der Waals surface area contributed by atoms with Gasteiger partial charge in [-0.05, 0) is 37.3 Å². The van der Waals surface area contributed by atoms with Gasteiger partial charge in [-0.1, -0.05) is 13.8 Å². The molecule has 2 heterocycles. The average Bonchev–Trinajstić information content (AvgIpc) is 2.88. The molecule has 6 heteroatoms. The molecule has 0 aliphatic carbocycles. The fourth-order valence-corrected chi connectivity index (χ4v) is 5.38. The van der Waals surface area contributed by atoms with Crippen molar-refractivity contribution in [2.24, 2.45) is 5.92 Å². The van der Waals surface area contributed by atoms with Crippen LogP contribution in [0.3, 0.4) is 0 Å². The Morgan fingerprint density at radius 1 is 1.42 bits per heavy atom. The van der Waals surface area contributed by atoms with E-state index in [-0.39, 0.29) is 12.0 Å². The number of nitrogens with zero attached hydrogens (tertiary/aromatic N) is 1. The Kier molecular flexibility index (Phi) is 4.66. The van der Waals surface area contributed by atoms with Crippen molar-refractivity contribution >= 4 is 21.4 Å². The van der Waals surface area contributed by atoms with Crippen LogP contribution in [0.4, 0.5) is 0 Å². The molecule has 1 aliphatic rings. The third-order valence-corrected chi connectivity index (χ3v) is 7.32. The summed E-state index contributed by atoms with van der Waals surface area (Å²) in [5.74, 6) is 0.0501. The summed E-state index contributed by atoms with van der Waals surface area (Å²) in [4.78, 5) is 1.09. The summed E-state index contributed by atoms with van der Waals surface area (Å²) in [7, 11) is -3.38. The van der Waals surface area contributed by atoms with Gasteiger partial charge in [0.15, 0.2) is 0 Å². The van der Waals surface area contributed by atoms with Crippen molar-refractivity contribution < 1.29 is 13.5 Å². The van der Waals surface area contributed by atoms with E-state index in [4.69, 9.17) is 0 Å². The fraction of sp³-hybridized carbons (Fsp3) is 0.692. The quantitative estimate of drug-likeness (QED) is 0.926. The fourth-order valence-electron chi connectivity index (χ4n) is 2.42. The molecule has 0 amide bonds. The number of piperidine rings is 1. The van der Waals surface area contributed by atoms with Crippen LogP contribution in [-0.4, -0.2) is 37.0 Å². The van der Waals surface area contributed by atoms with Crippen LogP contribution in [0.5, 0.6) is 0 Å². The topological polar surface area (TPSA) is 57.6 Å². The van der Waals surface area contributed by atoms with Crippen LogP contribution in [-0.2, 0) is 16.4 Å². The highest BCUT2D eigenvalue weighted by atomic mass is 32.2. The predicted molar refractivity (Wildman–Crippen MR) is 76.9 cm³/mol. The van der Waals surface area contributed by atoms with Gasteiger partial charge in [-0.25, -0.2) is 8.42 Å². The van der Waals surface area contributed by atoms with Crippen LogP contribution in [0.1, 0.15) is 31.6 Å². The first-order valence-corrected chi connectivity index (χ1v) is 9.01. The summed E-state index contributed by atoms with van der Waals surface area (Å²) in [5, 5.41) is 9.85. The molecule has 0 saturated carbocycles. The zero-order valence-electron chi connectivity index (χ0n) is 11.4. The summed E-state index contributed by atoms with van der Waals surface area (Å²) >= 11 is 1.35. The Morgan fingerprint density at radius 2 is 2.16 bits per heavy atom. The van der Waals surface area contributed by atoms with Gasteiger partial charge in [0.25, 0.3) is 10.0 Å². The molecule has 0 radical (unpaired) electrons. The van der Waals surface area contributed by atoms with E-state index in [2.05, 4.69) is 0 Å². The van der Waals surface area contributed by atoms with E-state index >= 15 is 0 Å². The monoisotopic (exact) mass is 303 g/mol. The highest BCUT2D eigenvalue weighted by Crippen LogP contribution is 2.29. The number of hydrogen-bond donors (Lipinski definition) is 1. The number of thiophene rings is 1. The van der Waals surface area contributed by atoms with Crippen molar-refractivity contribution in [3.8, 4) is 0 Å². The number of sulfonamides is 1. The largest absolute Gasteiger partial charge is 0.393 e. The molecule has 1 aromatic heterocycles. The van der Waals surface area contributed by atoms with Gasteiger partial charge in [-0.2, -0.15) is 4.31 Å². The Labute approximate surface area is 119 Å². The minimum Gasteiger partial charge on any atom is -0.393 e. The second-order valence-corrected chi connectivity index (χ2v) is 8.29. The summed E-state index contributed by atoms with van der Waals surface area (Å²) < 4.78 is 27.0. The second kappa shape index (κ2) is 5.91. The summed E-state index contributed by atoms with van der Waals surface area (Å²) in [5.41, 5.74) is 0. The summed E-state index contributed by atoms with van der Waals surface area (Å²) in [6, 6.07) is 3.58. The van der Waals surface area contributed by atoms with Crippen molar-refractivity contribution in [2.45, 2.75) is 43.4 Å². The Balaban J connectivity index is 2.20. The van der Waals surface area contributed by atoms with Gasteiger partial charge >= 0.3 is 0 Å². The highest BCUT2D eigenvalue weighted by molar-refractivity contribution is 7.91. The van der Waals surface area contributed by atoms with Gasteiger partial charge in [0, 0.05) is 18.0 Å². The van der Waals surface area contributed by atoms with Gasteiger partial charge in [-0.15, -0.1) is 11.3 Å². The molecule has 1 aromatic rings. The van der Waals surface area contributed by atoms with Crippen LogP contribution in [0.2, 0.25) is 0 Å². The van der Waals surface area contributed by atoms with Crippen LogP contribution < -0.4 is 0 Å². The van der Waals surface area contributed by atoms with Gasteiger partial charge in [0.2, 0.25) is 0 Å². The maximum atomic E-state index is 12.5. The predicted octanol–water partition coefficient (Wildman–Crippen LogP) is 2.09. The second-order valence-electron chi connectivity index (χ2n) is 4.96. The van der Waals surface area contributed by atoms with Crippen molar-refractivity contribution in [2.75, 3.05) is 13.1 Å². The van der Waals surface area contributed by atoms with E-state index in [1.807, 2.05) is 19.9 Å². The van der Waals surface area contributed by atoms with Crippen molar-refractivity contribution in [3.05, 3.63) is 17.0 Å². The van der Waals surface area contributed by atoms with Gasteiger partial charge in [0.1, 0.15) is 4.21 Å². The Hall–Kier alpha value is -0.430. The first-order chi connectivity index (χ1) is 8.98. The summed E-state index contributed by atoms with van der Waals surface area (Å²) in [6.07, 6.45) is 1.82. The summed E-state index contributed by atoms with van der Waals surface area (Å²) in [6.45, 7) is 4.86. The molecule has 108 valence electrons. The smallest absolute Gasteiger partial charge is 0.252 e. The van der Waals surface area contributed by atoms with E-state index in [0.29, 0.717) is 23.7 Å². The molecule has 2 unspecified atom stereocenters. The lowest BCUT2D eigenvalue weighted by Gasteiger charge is -2.34. The van der Waals surface area contributed by atoms with Crippen LogP contribution in [0, 0.1) is 5.92 Å². The molecule has 0 spiro atoms. The number of rotatable bonds is 4. The minimum absolute atomic E-state index is 0.0501. The highest BCUT2D eigenvalue weighted by Gasteiger charge is 2.34. The maximum Gasteiger partial charge on any atom is 0.252 e. The standard InChI is InChI=1S/C13H21NO3S2/c1-3-10-9-14(8-7-12(10)15)19(16,17)13-6-5-11(4-2)18-13/h5-6,10,12,15H,3-4,7-9H2,1-2H3. The number of aliphatic hydroxyl groups excluding tert-OH is 1. The lowest BCUT2D eigenvalue weighted by Crippen LogP contribution is -2.45. The van der Waals surface area contributed by atoms with Crippen LogP contribution in [0.15, 0.2) is 16.3 Å². The zero-order valence-corrected chi connectivity index (χ0v) is 13.0. The molecular formula is C13H21NO3S2. The van der Waals surface area contributed by atoms with Gasteiger partial charge in [-0.3, -0.25) is 0 Å². The molecule has 2 atom stereocenters. The molecule has 19 heavy (non-hydrogen) atoms. The molecular weight excluding hydrogens is 282 g/mol. The van der Waals surface area contributed by atoms with Crippen molar-refractivity contribution in [1.82, 2.24) is 4.31 Å². The molecule has 1 aliphatic heterocycles. The third kappa shape index (κ3) is 3.02. The van der Waals surface area contributed by atoms with E-state index in [9.17, 15) is 13.5 Å². The lowest BCUT2D eigenvalue weighted by molar-refractivity contribution is 0.0521. The lowest BCUT2D eigenvalue weighted by atomic mass is 9.94. The Bertz CT molecular complexity index is 524. The molecule has 4 nitrogen and oxygen atoms in total. The molecule has 0 aromatic carbocycles. The molecule has 1 saturated heterocycles. The molecule has 1 fully saturated rings. The third-order valence-electron chi connectivity index (χ3n) is 3.76. The first-order valence-electron chi connectivity index (χ1n) is 6.76. The van der Waals surface area contributed by atoms with Crippen molar-refractivity contribution in [3.63, 3.8) is 0 Å². The molecule has 0 bridgehead atoms. The van der Waals surface area contributed by atoms with Crippen molar-refractivity contribution in [1.29, 1.82) is 0 Å². The van der Waals surface area contributed by atoms with Gasteiger partial charge in [0.05, 0.1) is 6.10 Å². The van der Waals surface area contributed by atoms with E-state index in [1.54, 1.807) is 6.07 Å². The molecule has 1 N–H and O–H groups in total. The maximum absolute atomic E-state index is 12.5. The van der Waals surface area contributed by atoms with E-state index < -0.39 is 10.0 Å². The van der Waals surface area contributed by atoms with E-state index in [0.717, 1.165) is 17.7 Å². The van der Waals surface area contributed by atoms with Crippen LogP contribution >= 0.6 is 11.3 Å². The minimum atomic E-state index is -3.38. The normalized spacial score (nSPS) is 25.6. The van der Waals surface area contributed by atoms with Gasteiger partial charge < -0.3 is 5.11 Å². The van der Waals surface area contributed by atoms with Crippen LogP contribution in [0.25, 0.3) is 0 Å². The Morgan fingerprint density at radius 3 is 2.74 bits per heavy atom. The SMILES string of the molecule is CCc1ccc(S(=O)(=O)N2CCC(O)C(CC)C2)s1. The number of hydrogen-bond acceptors (Lipinski definition) is 4. The number of aryl methyl sites for hydroxylation is 1. The number of aliphatic hydroxyl groups is 1. The molecule has 2 rings (SSSR count). The average molecular weight is 303 g/mol. The van der Waals surface area contributed by atoms with E-state index in [1.165, 1.54) is 15.6 Å².